The van der Waals surface area contributed by atoms with E-state index in [2.05, 4.69) is 10.0 Å². The van der Waals surface area contributed by atoms with Crippen molar-refractivity contribution in [1.82, 2.24) is 4.72 Å². The van der Waals surface area contributed by atoms with Gasteiger partial charge in [-0.2, -0.15) is 0 Å². The number of anilines is 1. The number of nitrogens with one attached hydrogen (secondary N) is 2. The Morgan fingerprint density at radius 1 is 1.07 bits per heavy atom. The van der Waals surface area contributed by atoms with Gasteiger partial charge in [-0.05, 0) is 50.1 Å². The van der Waals surface area contributed by atoms with Crippen molar-refractivity contribution in [2.75, 3.05) is 18.5 Å². The van der Waals surface area contributed by atoms with Crippen LogP contribution in [0.25, 0.3) is 0 Å². The van der Waals surface area contributed by atoms with Crippen LogP contribution >= 0.6 is 0 Å². The number of ether oxygens (including phenoxy) is 1. The van der Waals surface area contributed by atoms with E-state index in [0.29, 0.717) is 5.56 Å². The molecule has 2 aromatic carbocycles. The maximum atomic E-state index is 12.5. The summed E-state index contributed by atoms with van der Waals surface area (Å²) < 4.78 is 32.1. The number of esters is 1. The molecule has 2 rings (SSSR count). The third-order valence-electron chi connectivity index (χ3n) is 3.75. The number of hydrogen-bond acceptors (Lipinski definition) is 5. The zero-order valence-corrected chi connectivity index (χ0v) is 16.2. The van der Waals surface area contributed by atoms with Gasteiger partial charge in [0.15, 0.2) is 0 Å². The molecule has 0 fully saturated rings. The van der Waals surface area contributed by atoms with E-state index >= 15 is 0 Å². The third kappa shape index (κ3) is 5.38. The highest BCUT2D eigenvalue weighted by atomic mass is 32.2. The quantitative estimate of drug-likeness (QED) is 0.707. The molecule has 1 amide bonds. The molecule has 0 aliphatic carbocycles. The van der Waals surface area contributed by atoms with Crippen molar-refractivity contribution >= 4 is 27.6 Å². The highest BCUT2D eigenvalue weighted by Gasteiger charge is 2.19. The minimum Gasteiger partial charge on any atom is -0.462 e. The molecular weight excluding hydrogens is 368 g/mol. The highest BCUT2D eigenvalue weighted by molar-refractivity contribution is 7.89. The van der Waals surface area contributed by atoms with E-state index in [4.69, 9.17) is 4.74 Å². The second-order valence-corrected chi connectivity index (χ2v) is 7.64. The summed E-state index contributed by atoms with van der Waals surface area (Å²) >= 11 is 0. The van der Waals surface area contributed by atoms with Gasteiger partial charge in [-0.15, -0.1) is 0 Å². The number of sulfonamides is 1. The average Bonchev–Trinajstić information content (AvgIpc) is 2.62. The fraction of sp³-hybridized carbons (Fsp3) is 0.263. The van der Waals surface area contributed by atoms with Crippen molar-refractivity contribution in [3.63, 3.8) is 0 Å². The predicted octanol–water partition coefficient (Wildman–Crippen LogP) is 2.40. The molecule has 8 heteroatoms. The van der Waals surface area contributed by atoms with Crippen molar-refractivity contribution in [3.05, 3.63) is 59.2 Å². The molecule has 0 atom stereocenters. The van der Waals surface area contributed by atoms with Crippen LogP contribution in [0.2, 0.25) is 0 Å². The Hall–Kier alpha value is -2.71. The molecule has 27 heavy (non-hydrogen) atoms. The monoisotopic (exact) mass is 390 g/mol. The van der Waals surface area contributed by atoms with Crippen LogP contribution in [0.5, 0.6) is 0 Å². The minimum absolute atomic E-state index is 0.127. The Labute approximate surface area is 158 Å². The molecule has 0 radical (unpaired) electrons. The lowest BCUT2D eigenvalue weighted by Crippen LogP contribution is -2.33. The van der Waals surface area contributed by atoms with E-state index in [-0.39, 0.29) is 22.8 Å². The number of carbonyl (C=O) groups excluding carboxylic acids is 2. The maximum Gasteiger partial charge on any atom is 0.340 e. The molecule has 7 nitrogen and oxygen atoms in total. The van der Waals surface area contributed by atoms with E-state index in [1.54, 1.807) is 51.1 Å². The van der Waals surface area contributed by atoms with Crippen LogP contribution in [0.1, 0.15) is 28.4 Å². The molecule has 0 aromatic heterocycles. The van der Waals surface area contributed by atoms with Gasteiger partial charge >= 0.3 is 5.97 Å². The lowest BCUT2D eigenvalue weighted by molar-refractivity contribution is -0.115. The molecule has 0 spiro atoms. The summed E-state index contributed by atoms with van der Waals surface area (Å²) in [5.41, 5.74) is 1.84. The maximum absolute atomic E-state index is 12.5. The zero-order valence-electron chi connectivity index (χ0n) is 15.4. The molecule has 0 bridgehead atoms. The van der Waals surface area contributed by atoms with Crippen molar-refractivity contribution in [2.45, 2.75) is 25.7 Å². The van der Waals surface area contributed by atoms with Crippen molar-refractivity contribution < 1.29 is 22.7 Å². The van der Waals surface area contributed by atoms with Crippen LogP contribution in [0.3, 0.4) is 0 Å². The summed E-state index contributed by atoms with van der Waals surface area (Å²) in [7, 11) is -3.84. The summed E-state index contributed by atoms with van der Waals surface area (Å²) in [6, 6.07) is 11.4. The number of para-hydroxylation sites is 1. The van der Waals surface area contributed by atoms with Gasteiger partial charge in [0.2, 0.25) is 15.9 Å². The van der Waals surface area contributed by atoms with Crippen LogP contribution in [0.4, 0.5) is 5.69 Å². The minimum atomic E-state index is -3.84. The first-order valence-electron chi connectivity index (χ1n) is 8.37. The number of benzene rings is 2. The van der Waals surface area contributed by atoms with E-state index in [0.717, 1.165) is 5.56 Å². The van der Waals surface area contributed by atoms with E-state index in [9.17, 15) is 18.0 Å². The van der Waals surface area contributed by atoms with Crippen molar-refractivity contribution in [2.24, 2.45) is 0 Å². The molecule has 144 valence electrons. The van der Waals surface area contributed by atoms with Crippen molar-refractivity contribution in [1.29, 1.82) is 0 Å². The standard InChI is InChI=1S/C19H22N2O5S/c1-4-26-19(23)15-7-5-6-8-16(15)21-18(22)12-20-27(24,25)17-11-13(2)9-10-14(17)3/h5-11,20H,4,12H2,1-3H3,(H,21,22). The largest absolute Gasteiger partial charge is 0.462 e. The number of hydrogen-bond donors (Lipinski definition) is 2. The molecular formula is C19H22N2O5S. The molecule has 0 saturated carbocycles. The Morgan fingerprint density at radius 3 is 2.48 bits per heavy atom. The van der Waals surface area contributed by atoms with E-state index in [1.165, 1.54) is 6.07 Å². The molecule has 0 saturated heterocycles. The fourth-order valence-corrected chi connectivity index (χ4v) is 3.72. The SMILES string of the molecule is CCOC(=O)c1ccccc1NC(=O)CNS(=O)(=O)c1cc(C)ccc1C. The molecule has 2 N–H and O–H groups in total. The second kappa shape index (κ2) is 8.79. The molecule has 2 aromatic rings. The molecule has 0 heterocycles. The summed E-state index contributed by atoms with van der Waals surface area (Å²) in [6.07, 6.45) is 0. The number of rotatable bonds is 7. The first-order valence-corrected chi connectivity index (χ1v) is 9.86. The molecule has 0 aliphatic heterocycles. The third-order valence-corrected chi connectivity index (χ3v) is 5.30. The lowest BCUT2D eigenvalue weighted by atomic mass is 10.2. The van der Waals surface area contributed by atoms with Crippen LogP contribution < -0.4 is 10.0 Å². The second-order valence-electron chi connectivity index (χ2n) is 5.91. The molecule has 0 unspecified atom stereocenters. The van der Waals surface area contributed by atoms with E-state index in [1.807, 2.05) is 6.07 Å². The normalized spacial score (nSPS) is 11.1. The Morgan fingerprint density at radius 2 is 1.78 bits per heavy atom. The summed E-state index contributed by atoms with van der Waals surface area (Å²) in [5.74, 6) is -1.16. The van der Waals surface area contributed by atoms with Gasteiger partial charge < -0.3 is 10.1 Å². The van der Waals surface area contributed by atoms with Crippen molar-refractivity contribution in [3.8, 4) is 0 Å². The van der Waals surface area contributed by atoms with Gasteiger partial charge in [-0.3, -0.25) is 4.79 Å². The first-order chi connectivity index (χ1) is 12.7. The zero-order chi connectivity index (χ0) is 20.0. The van der Waals surface area contributed by atoms with Gasteiger partial charge in [0.05, 0.1) is 29.3 Å². The van der Waals surface area contributed by atoms with Gasteiger partial charge in [0.25, 0.3) is 0 Å². The van der Waals surface area contributed by atoms with Crippen LogP contribution in [0.15, 0.2) is 47.4 Å². The Kier molecular flexibility index (Phi) is 6.70. The summed E-state index contributed by atoms with van der Waals surface area (Å²) in [6.45, 7) is 4.89. The summed E-state index contributed by atoms with van der Waals surface area (Å²) in [4.78, 5) is 24.2. The van der Waals surface area contributed by atoms with Gasteiger partial charge in [-0.1, -0.05) is 24.3 Å². The molecule has 0 aliphatic rings. The number of carbonyl (C=O) groups is 2. The Bertz CT molecular complexity index is 954. The number of aryl methyl sites for hydroxylation is 2. The van der Waals surface area contributed by atoms with Gasteiger partial charge in [0.1, 0.15) is 0 Å². The highest BCUT2D eigenvalue weighted by Crippen LogP contribution is 2.18. The predicted molar refractivity (Wildman–Crippen MR) is 102 cm³/mol. The van der Waals surface area contributed by atoms with Gasteiger partial charge in [0, 0.05) is 0 Å². The smallest absolute Gasteiger partial charge is 0.340 e. The lowest BCUT2D eigenvalue weighted by Gasteiger charge is -2.12. The first kappa shape index (κ1) is 20.6. The van der Waals surface area contributed by atoms with Gasteiger partial charge in [-0.25, -0.2) is 17.9 Å². The average molecular weight is 390 g/mol. The van der Waals surface area contributed by atoms with E-state index < -0.39 is 28.4 Å². The topological polar surface area (TPSA) is 102 Å². The van der Waals surface area contributed by atoms with Crippen LogP contribution in [0, 0.1) is 13.8 Å². The summed E-state index contributed by atoms with van der Waals surface area (Å²) in [5, 5.41) is 2.53. The Balaban J connectivity index is 2.09. The fourth-order valence-electron chi connectivity index (χ4n) is 2.41. The number of amides is 1. The van der Waals surface area contributed by atoms with Crippen LogP contribution in [-0.4, -0.2) is 33.4 Å². The van der Waals surface area contributed by atoms with Crippen LogP contribution in [-0.2, 0) is 19.6 Å².